The highest BCUT2D eigenvalue weighted by Crippen LogP contribution is 2.36. The SMILES string of the molecule is CC(=O)Nc1c(O)cc(NC(=O)Cn2cc[n+](CC(=O)Nc3cc(O)c(NC(C)=O)c(Cl)c3)c2)cc1Cl.[Cl-]. The Labute approximate surface area is 233 Å². The zero-order chi connectivity index (χ0) is 27.3. The monoisotopic (exact) mass is 584 g/mol. The molecule has 0 spiro atoms. The second-order valence-corrected chi connectivity index (χ2v) is 8.74. The summed E-state index contributed by atoms with van der Waals surface area (Å²) in [7, 11) is 0. The number of carbonyl (C=O) groups excluding carboxylic acids is 4. The molecule has 0 aliphatic rings. The van der Waals surface area contributed by atoms with E-state index in [0.29, 0.717) is 0 Å². The van der Waals surface area contributed by atoms with Crippen molar-refractivity contribution in [2.45, 2.75) is 26.9 Å². The van der Waals surface area contributed by atoms with Crippen molar-refractivity contribution in [2.75, 3.05) is 21.3 Å². The predicted molar refractivity (Wildman–Crippen MR) is 137 cm³/mol. The van der Waals surface area contributed by atoms with Gasteiger partial charge in [-0.15, -0.1) is 0 Å². The number of amides is 4. The molecular weight excluding hydrogens is 563 g/mol. The molecule has 0 bridgehead atoms. The second-order valence-electron chi connectivity index (χ2n) is 7.92. The zero-order valence-corrected chi connectivity index (χ0v) is 22.3. The number of nitrogens with zero attached hydrogens (tertiary/aromatic N) is 2. The molecule has 202 valence electrons. The molecule has 0 saturated carbocycles. The van der Waals surface area contributed by atoms with E-state index in [1.54, 1.807) is 12.4 Å². The number of hydrogen-bond donors (Lipinski definition) is 6. The molecule has 3 aromatic rings. The summed E-state index contributed by atoms with van der Waals surface area (Å²) in [5.41, 5.74) is 0.538. The van der Waals surface area contributed by atoms with Crippen LogP contribution in [0.15, 0.2) is 43.0 Å². The van der Waals surface area contributed by atoms with Crippen molar-refractivity contribution in [2.24, 2.45) is 0 Å². The topological polar surface area (TPSA) is 166 Å². The van der Waals surface area contributed by atoms with Crippen LogP contribution in [0.4, 0.5) is 22.7 Å². The average molecular weight is 586 g/mol. The van der Waals surface area contributed by atoms with E-state index in [1.165, 1.54) is 53.6 Å². The number of imidazole rings is 1. The van der Waals surface area contributed by atoms with Gasteiger partial charge in [0, 0.05) is 37.4 Å². The molecule has 0 fully saturated rings. The van der Waals surface area contributed by atoms with E-state index in [-0.39, 0.29) is 69.8 Å². The molecule has 1 heterocycles. The van der Waals surface area contributed by atoms with Gasteiger partial charge in [-0.05, 0) is 12.1 Å². The summed E-state index contributed by atoms with van der Waals surface area (Å²) >= 11 is 12.1. The van der Waals surface area contributed by atoms with Crippen LogP contribution in [-0.4, -0.2) is 38.4 Å². The predicted octanol–water partition coefficient (Wildman–Crippen LogP) is -0.308. The standard InChI is InChI=1S/C23H22Cl2N6O6.ClH/c1-12(32)26-22-16(24)5-14(7-18(22)34)28-20(36)9-30-3-4-31(11-30)10-21(37)29-15-6-17(25)23(19(35)8-15)27-13(2)33;/h3-8,11H,9-10H2,1-2H3,(H5-,26,27,28,29,32,33,34,35,36,37);1H. The molecule has 0 radical (unpaired) electrons. The van der Waals surface area contributed by atoms with E-state index < -0.39 is 23.6 Å². The number of aromatic nitrogens is 2. The Morgan fingerprint density at radius 1 is 0.816 bits per heavy atom. The van der Waals surface area contributed by atoms with Crippen LogP contribution in [0, 0.1) is 0 Å². The third kappa shape index (κ3) is 8.26. The van der Waals surface area contributed by atoms with Gasteiger partial charge >= 0.3 is 0 Å². The number of hydrogen-bond acceptors (Lipinski definition) is 6. The lowest BCUT2D eigenvalue weighted by Crippen LogP contribution is -3.00. The summed E-state index contributed by atoms with van der Waals surface area (Å²) in [5, 5.41) is 30.2. The van der Waals surface area contributed by atoms with Gasteiger partial charge in [0.2, 0.25) is 18.1 Å². The molecule has 12 nitrogen and oxygen atoms in total. The Kier molecular flexibility index (Phi) is 10.3. The molecule has 0 saturated heterocycles. The number of rotatable bonds is 8. The number of carbonyl (C=O) groups is 4. The van der Waals surface area contributed by atoms with Gasteiger partial charge in [0.25, 0.3) is 11.8 Å². The van der Waals surface area contributed by atoms with Crippen LogP contribution < -0.4 is 38.2 Å². The minimum Gasteiger partial charge on any atom is -1.00 e. The van der Waals surface area contributed by atoms with Crippen molar-refractivity contribution in [3.63, 3.8) is 0 Å². The highest BCUT2D eigenvalue weighted by atomic mass is 35.5. The third-order valence-corrected chi connectivity index (χ3v) is 5.30. The summed E-state index contributed by atoms with van der Waals surface area (Å²) < 4.78 is 3.06. The molecule has 6 N–H and O–H groups in total. The van der Waals surface area contributed by atoms with Crippen molar-refractivity contribution in [3.8, 4) is 11.5 Å². The summed E-state index contributed by atoms with van der Waals surface area (Å²) in [6.45, 7) is 2.33. The van der Waals surface area contributed by atoms with Crippen molar-refractivity contribution >= 4 is 69.6 Å². The highest BCUT2D eigenvalue weighted by Gasteiger charge is 2.16. The van der Waals surface area contributed by atoms with Crippen molar-refractivity contribution < 1.29 is 46.4 Å². The van der Waals surface area contributed by atoms with Gasteiger partial charge in [-0.1, -0.05) is 23.2 Å². The fourth-order valence-corrected chi connectivity index (χ4v) is 3.81. The van der Waals surface area contributed by atoms with E-state index in [1.807, 2.05) is 0 Å². The number of phenols is 2. The fraction of sp³-hybridized carbons (Fsp3) is 0.174. The van der Waals surface area contributed by atoms with Crippen LogP contribution in [0.2, 0.25) is 10.0 Å². The van der Waals surface area contributed by atoms with Gasteiger partial charge < -0.3 is 43.9 Å². The molecule has 4 amide bonds. The Hall–Kier alpha value is -4.00. The normalized spacial score (nSPS) is 10.2. The summed E-state index contributed by atoms with van der Waals surface area (Å²) in [6.07, 6.45) is 4.71. The van der Waals surface area contributed by atoms with Crippen molar-refractivity contribution in [3.05, 3.63) is 53.0 Å². The second kappa shape index (κ2) is 13.0. The molecule has 3 rings (SSSR count). The lowest BCUT2D eigenvalue weighted by molar-refractivity contribution is -0.683. The molecular formula is C23H23Cl3N6O6. The fourth-order valence-electron chi connectivity index (χ4n) is 3.29. The number of phenolic OH excluding ortho intramolecular Hbond substituents is 2. The van der Waals surface area contributed by atoms with Crippen LogP contribution in [0.1, 0.15) is 13.8 Å². The summed E-state index contributed by atoms with van der Waals surface area (Å²) in [5.74, 6) is -2.29. The van der Waals surface area contributed by atoms with Gasteiger partial charge in [0.05, 0.1) is 10.0 Å². The lowest BCUT2D eigenvalue weighted by Gasteiger charge is -2.11. The maximum atomic E-state index is 12.4. The first-order chi connectivity index (χ1) is 17.4. The largest absolute Gasteiger partial charge is 1.00 e. The number of benzene rings is 2. The molecule has 1 aromatic heterocycles. The quantitative estimate of drug-likeness (QED) is 0.157. The van der Waals surface area contributed by atoms with E-state index >= 15 is 0 Å². The summed E-state index contributed by atoms with van der Waals surface area (Å²) in [6, 6.07) is 5.28. The van der Waals surface area contributed by atoms with E-state index in [9.17, 15) is 29.4 Å². The van der Waals surface area contributed by atoms with Gasteiger partial charge in [-0.3, -0.25) is 19.2 Å². The van der Waals surface area contributed by atoms with Crippen molar-refractivity contribution in [1.29, 1.82) is 0 Å². The Morgan fingerprint density at radius 2 is 1.29 bits per heavy atom. The average Bonchev–Trinajstić information content (AvgIpc) is 3.19. The Morgan fingerprint density at radius 3 is 1.74 bits per heavy atom. The zero-order valence-electron chi connectivity index (χ0n) is 20.0. The Balaban J connectivity index is 0.00000507. The molecule has 0 aliphatic heterocycles. The first-order valence-electron chi connectivity index (χ1n) is 10.7. The first kappa shape index (κ1) is 30.2. The van der Waals surface area contributed by atoms with Gasteiger partial charge in [-0.2, -0.15) is 0 Å². The smallest absolute Gasteiger partial charge is 0.266 e. The van der Waals surface area contributed by atoms with Crippen molar-refractivity contribution in [1.82, 2.24) is 4.57 Å². The Bertz CT molecular complexity index is 1250. The number of anilines is 4. The van der Waals surface area contributed by atoms with Crippen LogP contribution in [0.25, 0.3) is 0 Å². The maximum absolute atomic E-state index is 12.4. The number of halogens is 3. The van der Waals surface area contributed by atoms with Gasteiger partial charge in [0.15, 0.2) is 13.1 Å². The summed E-state index contributed by atoms with van der Waals surface area (Å²) in [4.78, 5) is 47.3. The molecule has 38 heavy (non-hydrogen) atoms. The van der Waals surface area contributed by atoms with E-state index in [2.05, 4.69) is 21.3 Å². The molecule has 2 aromatic carbocycles. The molecule has 0 aliphatic carbocycles. The maximum Gasteiger partial charge on any atom is 0.266 e. The highest BCUT2D eigenvalue weighted by molar-refractivity contribution is 6.35. The minimum atomic E-state index is -0.431. The lowest BCUT2D eigenvalue weighted by atomic mass is 10.2. The third-order valence-electron chi connectivity index (χ3n) is 4.71. The number of aromatic hydroxyl groups is 2. The number of nitrogens with one attached hydrogen (secondary N) is 4. The van der Waals surface area contributed by atoms with Crippen LogP contribution >= 0.6 is 23.2 Å². The molecule has 15 heteroatoms. The molecule has 0 atom stereocenters. The van der Waals surface area contributed by atoms with Crippen LogP contribution in [0.5, 0.6) is 11.5 Å². The molecule has 0 unspecified atom stereocenters. The van der Waals surface area contributed by atoms with Gasteiger partial charge in [-0.25, -0.2) is 9.13 Å². The minimum absolute atomic E-state index is 0. The van der Waals surface area contributed by atoms with Crippen LogP contribution in [0.3, 0.4) is 0 Å². The van der Waals surface area contributed by atoms with E-state index in [4.69, 9.17) is 23.2 Å². The van der Waals surface area contributed by atoms with Crippen LogP contribution in [-0.2, 0) is 32.3 Å². The van der Waals surface area contributed by atoms with Gasteiger partial charge in [0.1, 0.15) is 35.3 Å². The first-order valence-corrected chi connectivity index (χ1v) is 11.4. The van der Waals surface area contributed by atoms with E-state index in [0.717, 1.165) is 0 Å².